The molecule has 2 aromatic heterocycles. The van der Waals surface area contributed by atoms with E-state index in [4.69, 9.17) is 21.4 Å². The number of aliphatic hydroxyl groups excluding tert-OH is 3. The Labute approximate surface area is 124 Å². The largest absolute Gasteiger partial charge is 0.565 e. The minimum Gasteiger partial charge on any atom is -0.565 e. The highest BCUT2D eigenvalue weighted by molar-refractivity contribution is 5.82. The van der Waals surface area contributed by atoms with Crippen molar-refractivity contribution in [3.05, 3.63) is 12.2 Å². The molecule has 11 heteroatoms. The molecule has 0 bridgehead atoms. The highest BCUT2D eigenvalue weighted by Crippen LogP contribution is 2.32. The Morgan fingerprint density at radius 2 is 2.14 bits per heavy atom. The van der Waals surface area contributed by atoms with Gasteiger partial charge in [0.15, 0.2) is 11.7 Å². The molecule has 1 fully saturated rings. The van der Waals surface area contributed by atoms with E-state index >= 15 is 0 Å². The van der Waals surface area contributed by atoms with Crippen molar-refractivity contribution in [2.75, 3.05) is 12.3 Å². The van der Waals surface area contributed by atoms with Gasteiger partial charge in [0.1, 0.15) is 24.6 Å². The van der Waals surface area contributed by atoms with Gasteiger partial charge in [-0.1, -0.05) is 0 Å². The van der Waals surface area contributed by atoms with Crippen LogP contribution in [0.15, 0.2) is 6.33 Å². The van der Waals surface area contributed by atoms with Crippen LogP contribution in [0.3, 0.4) is 0 Å². The zero-order chi connectivity index (χ0) is 16.0. The third-order valence-corrected chi connectivity index (χ3v) is 3.47. The Balaban J connectivity index is 2.10. The summed E-state index contributed by atoms with van der Waals surface area (Å²) in [6, 6.07) is 0. The minimum atomic E-state index is -1.28. The van der Waals surface area contributed by atoms with Gasteiger partial charge in [0, 0.05) is 6.72 Å². The number of nitrogen functional groups attached to an aromatic ring is 1. The van der Waals surface area contributed by atoms with Gasteiger partial charge in [-0.05, 0) is 9.97 Å². The van der Waals surface area contributed by atoms with Gasteiger partial charge in [-0.15, -0.1) is 0 Å². The monoisotopic (exact) mass is 309 g/mol. The number of hydrogen-bond donors (Lipinski definition) is 4. The lowest BCUT2D eigenvalue weighted by Crippen LogP contribution is -2.33. The molecule has 1 saturated heterocycles. The maximum absolute atomic E-state index is 10.1. The molecule has 0 amide bonds. The van der Waals surface area contributed by atoms with Gasteiger partial charge in [-0.2, -0.15) is 0 Å². The number of nitrogens with zero attached hydrogens (tertiary/aromatic N) is 5. The van der Waals surface area contributed by atoms with E-state index < -0.39 is 31.1 Å². The van der Waals surface area contributed by atoms with Crippen molar-refractivity contribution >= 4 is 29.6 Å². The van der Waals surface area contributed by atoms with E-state index in [2.05, 4.69) is 21.7 Å². The number of anilines is 1. The predicted molar refractivity (Wildman–Crippen MR) is 74.1 cm³/mol. The Bertz CT molecular complexity index is 733. The van der Waals surface area contributed by atoms with E-state index in [0.717, 1.165) is 0 Å². The first kappa shape index (κ1) is 14.6. The van der Waals surface area contributed by atoms with Gasteiger partial charge in [-0.25, -0.2) is 4.98 Å². The molecular formula is C11H15N7O4. The Morgan fingerprint density at radius 1 is 1.41 bits per heavy atom. The Morgan fingerprint density at radius 3 is 2.73 bits per heavy atom. The van der Waals surface area contributed by atoms with Crippen molar-refractivity contribution in [2.45, 2.75) is 24.5 Å². The summed E-state index contributed by atoms with van der Waals surface area (Å²) in [5, 5.41) is 29.0. The second-order valence-corrected chi connectivity index (χ2v) is 4.89. The van der Waals surface area contributed by atoms with Crippen molar-refractivity contribution in [1.82, 2.24) is 19.5 Å². The Hall–Kier alpha value is -2.34. The van der Waals surface area contributed by atoms with Gasteiger partial charge < -0.3 is 36.3 Å². The third kappa shape index (κ3) is 2.07. The Kier molecular flexibility index (Phi) is 3.41. The number of nitrogens with one attached hydrogen (secondary N) is 1. The van der Waals surface area contributed by atoms with E-state index in [1.807, 2.05) is 0 Å². The summed E-state index contributed by atoms with van der Waals surface area (Å²) in [6.07, 6.45) is -3.11. The lowest BCUT2D eigenvalue weighted by molar-refractivity contribution is -0.360. The summed E-state index contributed by atoms with van der Waals surface area (Å²) in [6.45, 7) is 2.92. The number of fused-ring (bicyclic) bond motifs is 1. The van der Waals surface area contributed by atoms with Crippen molar-refractivity contribution in [2.24, 2.45) is 0 Å². The molecule has 1 aliphatic heterocycles. The number of hydrogen-bond acceptors (Lipinski definition) is 8. The first-order valence-corrected chi connectivity index (χ1v) is 6.38. The van der Waals surface area contributed by atoms with Crippen LogP contribution in [0.2, 0.25) is 0 Å². The maximum Gasteiger partial charge on any atom is 0.425 e. The van der Waals surface area contributed by atoms with Crippen LogP contribution in [-0.4, -0.2) is 71.2 Å². The molecule has 11 nitrogen and oxygen atoms in total. The molecule has 6 N–H and O–H groups in total. The molecule has 0 radical (unpaired) electrons. The van der Waals surface area contributed by atoms with Crippen molar-refractivity contribution in [3.8, 4) is 0 Å². The molecule has 0 saturated carbocycles. The predicted octanol–water partition coefficient (Wildman–Crippen LogP) is -1.67. The molecule has 0 unspecified atom stereocenters. The smallest absolute Gasteiger partial charge is 0.425 e. The second-order valence-electron chi connectivity index (χ2n) is 4.89. The van der Waals surface area contributed by atoms with Crippen LogP contribution in [0.25, 0.3) is 17.0 Å². The molecule has 3 heterocycles. The van der Waals surface area contributed by atoms with Gasteiger partial charge in [0.2, 0.25) is 11.5 Å². The number of nitrogens with two attached hydrogens (primary N) is 1. The van der Waals surface area contributed by atoms with Gasteiger partial charge in [0.05, 0.1) is 6.61 Å². The fourth-order valence-corrected chi connectivity index (χ4v) is 2.34. The molecule has 4 atom stereocenters. The fourth-order valence-electron chi connectivity index (χ4n) is 2.34. The average Bonchev–Trinajstić information content (AvgIpc) is 3.02. The van der Waals surface area contributed by atoms with Crippen LogP contribution in [0.5, 0.6) is 0 Å². The topological polar surface area (TPSA) is 166 Å². The van der Waals surface area contributed by atoms with Crippen LogP contribution in [0.1, 0.15) is 6.23 Å². The molecule has 2 aromatic rings. The van der Waals surface area contributed by atoms with E-state index in [1.165, 1.54) is 10.9 Å². The van der Waals surface area contributed by atoms with Crippen molar-refractivity contribution in [3.63, 3.8) is 0 Å². The van der Waals surface area contributed by atoms with E-state index in [1.54, 1.807) is 0 Å². The quantitative estimate of drug-likeness (QED) is 0.296. The van der Waals surface area contributed by atoms with Gasteiger partial charge >= 0.3 is 5.95 Å². The van der Waals surface area contributed by atoms with Gasteiger partial charge in [0.25, 0.3) is 0 Å². The van der Waals surface area contributed by atoms with E-state index in [-0.39, 0.29) is 22.9 Å². The van der Waals surface area contributed by atoms with Gasteiger partial charge in [-0.3, -0.25) is 4.57 Å². The van der Waals surface area contributed by atoms with Crippen LogP contribution in [0, 0.1) is 0 Å². The standard InChI is InChI=1S/C11H15N7O4/c1-17(13)11-15-8(12)5-9(16-11)18(3-14-5)10-7(21)6(20)4(2-19)22-10/h3-4,6-7,10,13,19-21H,1-2H2,(H2,12,15,16)/t4-,6-,7-,10-/m1/s1. The SMILES string of the molecule is C=[N+]([NH-])c1nc(N)c2ncn([C@@H]3O[C@H](CO)[C@@H](O)[C@H]3O)c2n1. The molecule has 0 spiro atoms. The number of imidazole rings is 1. The molecule has 3 rings (SSSR count). The normalized spacial score (nSPS) is 28.3. The van der Waals surface area contributed by atoms with Crippen LogP contribution in [0.4, 0.5) is 11.8 Å². The van der Waals surface area contributed by atoms with Crippen molar-refractivity contribution < 1.29 is 24.7 Å². The molecule has 118 valence electrons. The number of aliphatic hydroxyl groups is 3. The zero-order valence-corrected chi connectivity index (χ0v) is 11.4. The first-order chi connectivity index (χ1) is 10.4. The lowest BCUT2D eigenvalue weighted by atomic mass is 10.1. The summed E-state index contributed by atoms with van der Waals surface area (Å²) in [7, 11) is 0. The van der Waals surface area contributed by atoms with Crippen LogP contribution >= 0.6 is 0 Å². The van der Waals surface area contributed by atoms with E-state index in [0.29, 0.717) is 4.68 Å². The van der Waals surface area contributed by atoms with Crippen LogP contribution < -0.4 is 5.73 Å². The maximum atomic E-state index is 10.1. The summed E-state index contributed by atoms with van der Waals surface area (Å²) in [5.41, 5.74) is 6.25. The third-order valence-electron chi connectivity index (χ3n) is 3.47. The fraction of sp³-hybridized carbons (Fsp3) is 0.455. The number of aromatic nitrogens is 4. The highest BCUT2D eigenvalue weighted by Gasteiger charge is 2.44. The summed E-state index contributed by atoms with van der Waals surface area (Å²) >= 11 is 0. The highest BCUT2D eigenvalue weighted by atomic mass is 16.6. The molecule has 0 aliphatic carbocycles. The van der Waals surface area contributed by atoms with Crippen molar-refractivity contribution in [1.29, 1.82) is 0 Å². The summed E-state index contributed by atoms with van der Waals surface area (Å²) in [5.74, 6) is 7.41. The molecule has 22 heavy (non-hydrogen) atoms. The van der Waals surface area contributed by atoms with Crippen LogP contribution in [-0.2, 0) is 4.74 Å². The summed E-state index contributed by atoms with van der Waals surface area (Å²) in [4.78, 5) is 12.0. The minimum absolute atomic E-state index is 0.0476. The zero-order valence-electron chi connectivity index (χ0n) is 11.4. The summed E-state index contributed by atoms with van der Waals surface area (Å²) < 4.78 is 7.47. The number of ether oxygens (including phenoxy) is 1. The average molecular weight is 309 g/mol. The number of rotatable bonds is 3. The lowest BCUT2D eigenvalue weighted by Gasteiger charge is -2.15. The first-order valence-electron chi connectivity index (χ1n) is 6.38. The van der Waals surface area contributed by atoms with E-state index in [9.17, 15) is 10.2 Å². The molecule has 1 aliphatic rings. The molecule has 0 aromatic carbocycles. The second kappa shape index (κ2) is 5.14. The molecular weight excluding hydrogens is 294 g/mol.